The largest absolute Gasteiger partial charge is 0.451 e. The van der Waals surface area contributed by atoms with Crippen LogP contribution in [0.15, 0.2) is 64.5 Å². The van der Waals surface area contributed by atoms with Crippen LogP contribution in [-0.4, -0.2) is 30.7 Å². The van der Waals surface area contributed by atoms with Crippen molar-refractivity contribution >= 4 is 5.91 Å². The summed E-state index contributed by atoms with van der Waals surface area (Å²) in [6.07, 6.45) is 5.69. The number of nitrogens with one attached hydrogen (secondary N) is 1. The van der Waals surface area contributed by atoms with Crippen molar-refractivity contribution in [3.63, 3.8) is 0 Å². The van der Waals surface area contributed by atoms with Crippen LogP contribution in [0.5, 0.6) is 0 Å². The van der Waals surface area contributed by atoms with E-state index < -0.39 is 0 Å². The lowest BCUT2D eigenvalue weighted by molar-refractivity contribution is 0.0719. The number of carbonyl (C=O) groups excluding carboxylic acids is 1. The summed E-state index contributed by atoms with van der Waals surface area (Å²) < 4.78 is 10.0. The van der Waals surface area contributed by atoms with Crippen molar-refractivity contribution in [2.24, 2.45) is 0 Å². The molecule has 4 rings (SSSR count). The zero-order valence-electron chi connectivity index (χ0n) is 14.6. The van der Waals surface area contributed by atoms with Crippen LogP contribution in [-0.2, 0) is 13.1 Å². The van der Waals surface area contributed by atoms with E-state index in [0.717, 1.165) is 5.56 Å². The molecule has 8 heteroatoms. The number of imidazole rings is 1. The molecule has 0 bridgehead atoms. The third-order valence-corrected chi connectivity index (χ3v) is 4.09. The van der Waals surface area contributed by atoms with Gasteiger partial charge >= 0.3 is 0 Å². The molecule has 3 aromatic heterocycles. The fourth-order valence-corrected chi connectivity index (χ4v) is 2.77. The average Bonchev–Trinajstić information content (AvgIpc) is 3.44. The lowest BCUT2D eigenvalue weighted by Gasteiger charge is -2.19. The number of carbonyl (C=O) groups is 1. The molecule has 0 spiro atoms. The minimum absolute atomic E-state index is 0.225. The molecule has 8 nitrogen and oxygen atoms in total. The van der Waals surface area contributed by atoms with Crippen LogP contribution in [0, 0.1) is 6.92 Å². The van der Waals surface area contributed by atoms with E-state index in [2.05, 4.69) is 19.9 Å². The van der Waals surface area contributed by atoms with E-state index in [0.29, 0.717) is 28.6 Å². The molecule has 0 aliphatic rings. The highest BCUT2D eigenvalue weighted by molar-refractivity contribution is 5.94. The maximum atomic E-state index is 13.2. The summed E-state index contributed by atoms with van der Waals surface area (Å²) in [6.45, 7) is 2.38. The van der Waals surface area contributed by atoms with Crippen LogP contribution in [0.4, 0.5) is 0 Å². The lowest BCUT2D eigenvalue weighted by atomic mass is 10.2. The number of aromatic amines is 1. The number of hydrogen-bond donors (Lipinski definition) is 1. The highest BCUT2D eigenvalue weighted by Crippen LogP contribution is 2.20. The van der Waals surface area contributed by atoms with Gasteiger partial charge in [-0.15, -0.1) is 0 Å². The van der Waals surface area contributed by atoms with Gasteiger partial charge in [0.1, 0.15) is 24.0 Å². The third kappa shape index (κ3) is 3.64. The zero-order valence-corrected chi connectivity index (χ0v) is 14.6. The summed E-state index contributed by atoms with van der Waals surface area (Å²) in [4.78, 5) is 30.7. The Balaban J connectivity index is 1.63. The quantitative estimate of drug-likeness (QED) is 0.564. The highest BCUT2D eigenvalue weighted by Gasteiger charge is 2.23. The third-order valence-electron chi connectivity index (χ3n) is 4.09. The number of aryl methyl sites for hydroxylation is 1. The number of nitrogens with zero attached hydrogens (tertiary/aromatic N) is 4. The number of oxazole rings is 2. The van der Waals surface area contributed by atoms with Crippen molar-refractivity contribution in [1.29, 1.82) is 0 Å². The molecule has 136 valence electrons. The summed E-state index contributed by atoms with van der Waals surface area (Å²) in [5, 5.41) is 0. The van der Waals surface area contributed by atoms with Crippen LogP contribution in [0.1, 0.15) is 27.6 Å². The molecule has 27 heavy (non-hydrogen) atoms. The normalized spacial score (nSPS) is 10.9. The van der Waals surface area contributed by atoms with Crippen molar-refractivity contribution < 1.29 is 13.6 Å². The molecule has 3 heterocycles. The first kappa shape index (κ1) is 16.8. The topological polar surface area (TPSA) is 101 Å². The van der Waals surface area contributed by atoms with Crippen molar-refractivity contribution in [3.8, 4) is 11.4 Å². The van der Waals surface area contributed by atoms with Gasteiger partial charge in [0.15, 0.2) is 12.8 Å². The Morgan fingerprint density at radius 1 is 1.04 bits per heavy atom. The van der Waals surface area contributed by atoms with Gasteiger partial charge in [-0.25, -0.2) is 15.0 Å². The molecular weight excluding hydrogens is 346 g/mol. The molecule has 0 aliphatic carbocycles. The van der Waals surface area contributed by atoms with Gasteiger partial charge in [-0.2, -0.15) is 0 Å². The number of H-pyrrole nitrogens is 1. The Morgan fingerprint density at radius 3 is 2.22 bits per heavy atom. The lowest BCUT2D eigenvalue weighted by Crippen LogP contribution is -2.31. The molecule has 0 saturated carbocycles. The van der Waals surface area contributed by atoms with Gasteiger partial charge in [-0.1, -0.05) is 30.3 Å². The fourth-order valence-electron chi connectivity index (χ4n) is 2.77. The Kier molecular flexibility index (Phi) is 4.52. The molecule has 1 N–H and O–H groups in total. The molecule has 1 amide bonds. The molecule has 0 unspecified atom stereocenters. The minimum atomic E-state index is -0.225. The van der Waals surface area contributed by atoms with Crippen LogP contribution in [0.3, 0.4) is 0 Å². The Morgan fingerprint density at radius 2 is 1.67 bits per heavy atom. The SMILES string of the molecule is Cc1[nH]c(-c2ccccc2)nc1C(=O)N(Cc1cocn1)Cc1cocn1. The second kappa shape index (κ2) is 7.28. The number of benzene rings is 1. The van der Waals surface area contributed by atoms with E-state index in [1.165, 1.54) is 25.3 Å². The molecule has 0 saturated heterocycles. The standard InChI is InChI=1S/C19H17N5O3/c1-13-17(23-18(22-13)14-5-3-2-4-6-14)19(25)24(7-15-9-26-11-20-15)8-16-10-27-12-21-16/h2-6,9-12H,7-8H2,1H3,(H,22,23). The average molecular weight is 363 g/mol. The summed E-state index contributed by atoms with van der Waals surface area (Å²) in [5.74, 6) is 0.427. The van der Waals surface area contributed by atoms with E-state index in [1.54, 1.807) is 4.90 Å². The van der Waals surface area contributed by atoms with Crippen molar-refractivity contribution in [3.05, 3.63) is 78.4 Å². The predicted octanol–water partition coefficient (Wildman–Crippen LogP) is 3.20. The monoisotopic (exact) mass is 363 g/mol. The molecule has 0 radical (unpaired) electrons. The van der Waals surface area contributed by atoms with Crippen molar-refractivity contribution in [2.45, 2.75) is 20.0 Å². The van der Waals surface area contributed by atoms with E-state index in [-0.39, 0.29) is 19.0 Å². The first-order valence-electron chi connectivity index (χ1n) is 8.36. The minimum Gasteiger partial charge on any atom is -0.451 e. The molecule has 0 atom stereocenters. The molecule has 0 fully saturated rings. The Hall–Kier alpha value is -3.68. The molecule has 4 aromatic rings. The summed E-state index contributed by atoms with van der Waals surface area (Å²) in [5.41, 5.74) is 3.26. The Bertz CT molecular complexity index is 971. The van der Waals surface area contributed by atoms with E-state index in [1.807, 2.05) is 37.3 Å². The smallest absolute Gasteiger partial charge is 0.275 e. The molecule has 0 aliphatic heterocycles. The van der Waals surface area contributed by atoms with Crippen molar-refractivity contribution in [2.75, 3.05) is 0 Å². The zero-order chi connectivity index (χ0) is 18.6. The second-order valence-corrected chi connectivity index (χ2v) is 6.05. The van der Waals surface area contributed by atoms with Gasteiger partial charge in [0, 0.05) is 11.3 Å². The van der Waals surface area contributed by atoms with E-state index in [4.69, 9.17) is 8.83 Å². The maximum absolute atomic E-state index is 13.2. The van der Waals surface area contributed by atoms with E-state index >= 15 is 0 Å². The number of rotatable bonds is 6. The van der Waals surface area contributed by atoms with Crippen LogP contribution in [0.2, 0.25) is 0 Å². The summed E-state index contributed by atoms with van der Waals surface area (Å²) in [6, 6.07) is 9.67. The van der Waals surface area contributed by atoms with Crippen molar-refractivity contribution in [1.82, 2.24) is 24.8 Å². The highest BCUT2D eigenvalue weighted by atomic mass is 16.3. The van der Waals surface area contributed by atoms with Crippen LogP contribution < -0.4 is 0 Å². The number of hydrogen-bond acceptors (Lipinski definition) is 6. The first-order valence-corrected chi connectivity index (χ1v) is 8.36. The number of aromatic nitrogens is 4. The summed E-state index contributed by atoms with van der Waals surface area (Å²) >= 11 is 0. The predicted molar refractivity (Wildman–Crippen MR) is 95.3 cm³/mol. The maximum Gasteiger partial charge on any atom is 0.275 e. The Labute approximate surface area is 154 Å². The fraction of sp³-hybridized carbons (Fsp3) is 0.158. The van der Waals surface area contributed by atoms with Crippen LogP contribution >= 0.6 is 0 Å². The van der Waals surface area contributed by atoms with Gasteiger partial charge in [-0.3, -0.25) is 4.79 Å². The molecular formula is C19H17N5O3. The second-order valence-electron chi connectivity index (χ2n) is 6.05. The first-order chi connectivity index (χ1) is 13.2. The van der Waals surface area contributed by atoms with Crippen LogP contribution in [0.25, 0.3) is 11.4 Å². The molecule has 1 aromatic carbocycles. The van der Waals surface area contributed by atoms with Gasteiger partial charge < -0.3 is 18.7 Å². The summed E-state index contributed by atoms with van der Waals surface area (Å²) in [7, 11) is 0. The van der Waals surface area contributed by atoms with Gasteiger partial charge in [0.05, 0.1) is 24.5 Å². The number of amides is 1. The van der Waals surface area contributed by atoms with Gasteiger partial charge in [0.25, 0.3) is 5.91 Å². The van der Waals surface area contributed by atoms with Gasteiger partial charge in [-0.05, 0) is 6.92 Å². The van der Waals surface area contributed by atoms with E-state index in [9.17, 15) is 4.79 Å². The van der Waals surface area contributed by atoms with Gasteiger partial charge in [0.2, 0.25) is 0 Å².